The monoisotopic (exact) mass is 514 g/mol. The molecule has 0 saturated carbocycles. The SMILES string of the molecule is CN=C(NCc1ccc(OCC(C)C)cc1)NC1CCN(CC(F)(F)F)C1.I. The molecule has 1 heterocycles. The van der Waals surface area contributed by atoms with E-state index in [-0.39, 0.29) is 30.0 Å². The molecule has 1 fully saturated rings. The highest BCUT2D eigenvalue weighted by molar-refractivity contribution is 14.0. The Kier molecular flexibility index (Phi) is 10.4. The van der Waals surface area contributed by atoms with Gasteiger partial charge in [-0.2, -0.15) is 13.2 Å². The van der Waals surface area contributed by atoms with E-state index in [0.717, 1.165) is 11.3 Å². The molecule has 9 heteroatoms. The average Bonchev–Trinajstić information content (AvgIpc) is 3.02. The van der Waals surface area contributed by atoms with E-state index in [1.165, 1.54) is 4.90 Å². The van der Waals surface area contributed by atoms with Crippen molar-refractivity contribution in [3.8, 4) is 5.75 Å². The number of aliphatic imine (C=N–C) groups is 1. The maximum Gasteiger partial charge on any atom is 0.401 e. The second-order valence-electron chi connectivity index (χ2n) is 7.25. The van der Waals surface area contributed by atoms with Crippen LogP contribution >= 0.6 is 24.0 Å². The summed E-state index contributed by atoms with van der Waals surface area (Å²) in [7, 11) is 1.65. The number of benzene rings is 1. The van der Waals surface area contributed by atoms with Crippen LogP contribution in [0.3, 0.4) is 0 Å². The molecule has 1 aliphatic rings. The zero-order valence-corrected chi connectivity index (χ0v) is 18.9. The van der Waals surface area contributed by atoms with Crippen molar-refractivity contribution < 1.29 is 17.9 Å². The third-order valence-electron chi connectivity index (χ3n) is 4.21. The van der Waals surface area contributed by atoms with Crippen LogP contribution in [0.15, 0.2) is 29.3 Å². The Morgan fingerprint density at radius 1 is 1.29 bits per heavy atom. The van der Waals surface area contributed by atoms with Crippen LogP contribution in [0.5, 0.6) is 5.75 Å². The quantitative estimate of drug-likeness (QED) is 0.332. The number of rotatable bonds is 7. The zero-order valence-electron chi connectivity index (χ0n) is 16.6. The van der Waals surface area contributed by atoms with Gasteiger partial charge in [-0.3, -0.25) is 9.89 Å². The van der Waals surface area contributed by atoms with Gasteiger partial charge in [0.25, 0.3) is 0 Å². The number of guanidine groups is 1. The highest BCUT2D eigenvalue weighted by atomic mass is 127. The summed E-state index contributed by atoms with van der Waals surface area (Å²) in [4.78, 5) is 5.58. The van der Waals surface area contributed by atoms with E-state index >= 15 is 0 Å². The first kappa shape index (κ1) is 24.8. The Bertz CT molecular complexity index is 608. The summed E-state index contributed by atoms with van der Waals surface area (Å²) < 4.78 is 43.1. The Balaban J connectivity index is 0.00000392. The van der Waals surface area contributed by atoms with Crippen molar-refractivity contribution >= 4 is 29.9 Å². The summed E-state index contributed by atoms with van der Waals surface area (Å²) in [5, 5.41) is 6.40. The van der Waals surface area contributed by atoms with Crippen LogP contribution in [0.4, 0.5) is 13.2 Å². The van der Waals surface area contributed by atoms with Gasteiger partial charge in [0, 0.05) is 32.7 Å². The van der Waals surface area contributed by atoms with Crippen LogP contribution in [0, 0.1) is 5.92 Å². The smallest absolute Gasteiger partial charge is 0.401 e. The lowest BCUT2D eigenvalue weighted by Crippen LogP contribution is -2.44. The largest absolute Gasteiger partial charge is 0.493 e. The second-order valence-corrected chi connectivity index (χ2v) is 7.25. The summed E-state index contributed by atoms with van der Waals surface area (Å²) in [6.07, 6.45) is -3.49. The van der Waals surface area contributed by atoms with Crippen LogP contribution in [-0.2, 0) is 6.54 Å². The van der Waals surface area contributed by atoms with Gasteiger partial charge in [0.15, 0.2) is 5.96 Å². The Morgan fingerprint density at radius 3 is 2.54 bits per heavy atom. The fraction of sp³-hybridized carbons (Fsp3) is 0.632. The van der Waals surface area contributed by atoms with Gasteiger partial charge >= 0.3 is 6.18 Å². The highest BCUT2D eigenvalue weighted by Gasteiger charge is 2.34. The van der Waals surface area contributed by atoms with Gasteiger partial charge in [0.05, 0.1) is 13.2 Å². The van der Waals surface area contributed by atoms with Crippen LogP contribution in [-0.4, -0.2) is 56.4 Å². The van der Waals surface area contributed by atoms with Gasteiger partial charge < -0.3 is 15.4 Å². The molecular weight excluding hydrogens is 484 g/mol. The van der Waals surface area contributed by atoms with E-state index in [0.29, 0.717) is 44.5 Å². The highest BCUT2D eigenvalue weighted by Crippen LogP contribution is 2.20. The zero-order chi connectivity index (χ0) is 19.9. The van der Waals surface area contributed by atoms with E-state index in [4.69, 9.17) is 4.74 Å². The number of ether oxygens (including phenoxy) is 1. The maximum absolute atomic E-state index is 12.5. The van der Waals surface area contributed by atoms with Crippen molar-refractivity contribution in [2.24, 2.45) is 10.9 Å². The minimum Gasteiger partial charge on any atom is -0.493 e. The van der Waals surface area contributed by atoms with Crippen molar-refractivity contribution in [3.05, 3.63) is 29.8 Å². The number of alkyl halides is 3. The molecule has 1 atom stereocenters. The second kappa shape index (κ2) is 11.7. The first-order valence-electron chi connectivity index (χ1n) is 9.23. The number of likely N-dealkylation sites (tertiary alicyclic amines) is 1. The Morgan fingerprint density at radius 2 is 1.96 bits per heavy atom. The minimum atomic E-state index is -4.15. The summed E-state index contributed by atoms with van der Waals surface area (Å²) in [6, 6.07) is 7.79. The third-order valence-corrected chi connectivity index (χ3v) is 4.21. The van der Waals surface area contributed by atoms with E-state index in [1.54, 1.807) is 7.05 Å². The first-order valence-corrected chi connectivity index (χ1v) is 9.23. The fourth-order valence-corrected chi connectivity index (χ4v) is 2.89. The topological polar surface area (TPSA) is 48.9 Å². The first-order chi connectivity index (χ1) is 12.7. The molecule has 1 aromatic rings. The number of halogens is 4. The van der Waals surface area contributed by atoms with Crippen molar-refractivity contribution in [1.29, 1.82) is 0 Å². The molecule has 28 heavy (non-hydrogen) atoms. The molecule has 0 aliphatic carbocycles. The summed E-state index contributed by atoms with van der Waals surface area (Å²) in [5.74, 6) is 1.91. The van der Waals surface area contributed by atoms with Gasteiger partial charge in [0.2, 0.25) is 0 Å². The lowest BCUT2D eigenvalue weighted by Gasteiger charge is -2.20. The third kappa shape index (κ3) is 9.31. The molecule has 1 unspecified atom stereocenters. The predicted octanol–water partition coefficient (Wildman–Crippen LogP) is 3.64. The summed E-state index contributed by atoms with van der Waals surface area (Å²) in [6.45, 7) is 5.40. The molecule has 0 aromatic heterocycles. The number of hydrogen-bond donors (Lipinski definition) is 2. The van der Waals surface area contributed by atoms with Crippen molar-refractivity contribution in [1.82, 2.24) is 15.5 Å². The molecule has 2 N–H and O–H groups in total. The molecule has 0 amide bonds. The van der Waals surface area contributed by atoms with Gasteiger partial charge in [-0.1, -0.05) is 26.0 Å². The Hall–Kier alpha value is -1.23. The van der Waals surface area contributed by atoms with Gasteiger partial charge in [-0.15, -0.1) is 24.0 Å². The molecule has 0 radical (unpaired) electrons. The molecule has 5 nitrogen and oxygen atoms in total. The van der Waals surface area contributed by atoms with Crippen molar-refractivity contribution in [2.75, 3.05) is 33.3 Å². The van der Waals surface area contributed by atoms with Crippen LogP contribution in [0.2, 0.25) is 0 Å². The van der Waals surface area contributed by atoms with E-state index < -0.39 is 12.7 Å². The lowest BCUT2D eigenvalue weighted by molar-refractivity contribution is -0.143. The number of nitrogens with zero attached hydrogens (tertiary/aromatic N) is 2. The molecule has 0 spiro atoms. The van der Waals surface area contributed by atoms with Crippen LogP contribution < -0.4 is 15.4 Å². The molecule has 1 saturated heterocycles. The average molecular weight is 514 g/mol. The van der Waals surface area contributed by atoms with Crippen LogP contribution in [0.25, 0.3) is 0 Å². The predicted molar refractivity (Wildman–Crippen MR) is 116 cm³/mol. The van der Waals surface area contributed by atoms with Crippen molar-refractivity contribution in [3.63, 3.8) is 0 Å². The molecule has 160 valence electrons. The summed E-state index contributed by atoms with van der Waals surface area (Å²) in [5.41, 5.74) is 1.07. The molecule has 2 rings (SSSR count). The Labute approximate surface area is 182 Å². The van der Waals surface area contributed by atoms with Gasteiger partial charge in [0.1, 0.15) is 5.75 Å². The molecule has 1 aromatic carbocycles. The normalized spacial score (nSPS) is 18.1. The van der Waals surface area contributed by atoms with Crippen molar-refractivity contribution in [2.45, 2.75) is 39.0 Å². The number of hydrogen-bond acceptors (Lipinski definition) is 3. The van der Waals surface area contributed by atoms with Gasteiger partial charge in [-0.05, 0) is 30.0 Å². The van der Waals surface area contributed by atoms with E-state index in [1.807, 2.05) is 24.3 Å². The van der Waals surface area contributed by atoms with E-state index in [9.17, 15) is 13.2 Å². The molecule has 0 bridgehead atoms. The van der Waals surface area contributed by atoms with E-state index in [2.05, 4.69) is 29.5 Å². The summed E-state index contributed by atoms with van der Waals surface area (Å²) >= 11 is 0. The molecule has 1 aliphatic heterocycles. The van der Waals surface area contributed by atoms with Crippen LogP contribution in [0.1, 0.15) is 25.8 Å². The minimum absolute atomic E-state index is 0. The standard InChI is InChI=1S/C19H29F3N4O.HI/c1-14(2)12-27-17-6-4-15(5-7-17)10-24-18(23-3)25-16-8-9-26(11-16)13-19(20,21)22;/h4-7,14,16H,8-13H2,1-3H3,(H2,23,24,25);1H. The molecular formula is C19H30F3IN4O. The maximum atomic E-state index is 12.5. The van der Waals surface area contributed by atoms with Gasteiger partial charge in [-0.25, -0.2) is 0 Å². The lowest BCUT2D eigenvalue weighted by atomic mass is 10.2. The fourth-order valence-electron chi connectivity index (χ4n) is 2.89. The number of nitrogens with one attached hydrogen (secondary N) is 2.